The molecule has 0 spiro atoms. The van der Waals surface area contributed by atoms with E-state index in [-0.39, 0.29) is 0 Å². The molecule has 0 amide bonds. The van der Waals surface area contributed by atoms with Gasteiger partial charge in [0, 0.05) is 37.6 Å². The van der Waals surface area contributed by atoms with Crippen molar-refractivity contribution >= 4 is 17.3 Å². The van der Waals surface area contributed by atoms with Crippen LogP contribution in [-0.4, -0.2) is 30.2 Å². The molecule has 3 aromatic rings. The molecular formula is C21H24N4O. The Morgan fingerprint density at radius 1 is 0.923 bits per heavy atom. The van der Waals surface area contributed by atoms with Crippen molar-refractivity contribution in [1.82, 2.24) is 9.97 Å². The lowest BCUT2D eigenvalue weighted by atomic mass is 10.2. The van der Waals surface area contributed by atoms with Gasteiger partial charge in [-0.25, -0.2) is 9.97 Å². The van der Waals surface area contributed by atoms with Crippen molar-refractivity contribution in [2.75, 3.05) is 30.9 Å². The van der Waals surface area contributed by atoms with Crippen molar-refractivity contribution < 1.29 is 4.74 Å². The number of nitrogens with zero attached hydrogens (tertiary/aromatic N) is 2. The monoisotopic (exact) mass is 348 g/mol. The van der Waals surface area contributed by atoms with Crippen molar-refractivity contribution in [3.8, 4) is 11.4 Å². The van der Waals surface area contributed by atoms with E-state index in [4.69, 9.17) is 4.74 Å². The van der Waals surface area contributed by atoms with Gasteiger partial charge in [-0.2, -0.15) is 0 Å². The van der Waals surface area contributed by atoms with Crippen LogP contribution in [0.2, 0.25) is 0 Å². The van der Waals surface area contributed by atoms with E-state index in [9.17, 15) is 0 Å². The van der Waals surface area contributed by atoms with Gasteiger partial charge in [-0.15, -0.1) is 0 Å². The second kappa shape index (κ2) is 8.97. The van der Waals surface area contributed by atoms with E-state index >= 15 is 0 Å². The summed E-state index contributed by atoms with van der Waals surface area (Å²) in [6, 6.07) is 20.2. The fraction of sp³-hybridized carbons (Fsp3) is 0.238. The van der Waals surface area contributed by atoms with Crippen molar-refractivity contribution in [2.45, 2.75) is 13.3 Å². The molecule has 1 heterocycles. The van der Waals surface area contributed by atoms with Gasteiger partial charge in [-0.3, -0.25) is 0 Å². The number of aromatic nitrogens is 2. The molecule has 0 aliphatic heterocycles. The molecule has 134 valence electrons. The van der Waals surface area contributed by atoms with E-state index in [0.717, 1.165) is 42.5 Å². The van der Waals surface area contributed by atoms with E-state index < -0.39 is 0 Å². The zero-order valence-electron chi connectivity index (χ0n) is 15.2. The van der Waals surface area contributed by atoms with Crippen LogP contribution in [0, 0.1) is 6.92 Å². The SMILES string of the molecule is COCCCNc1cc(Nc2ccc(C)cc2)nc(-c2ccccc2)n1. The molecule has 0 fully saturated rings. The zero-order chi connectivity index (χ0) is 18.2. The summed E-state index contributed by atoms with van der Waals surface area (Å²) in [6.07, 6.45) is 0.919. The van der Waals surface area contributed by atoms with Gasteiger partial charge in [-0.1, -0.05) is 48.0 Å². The third-order valence-corrected chi connectivity index (χ3v) is 3.91. The summed E-state index contributed by atoms with van der Waals surface area (Å²) in [5, 5.41) is 6.72. The largest absolute Gasteiger partial charge is 0.385 e. The average molecular weight is 348 g/mol. The lowest BCUT2D eigenvalue weighted by Crippen LogP contribution is -2.08. The van der Waals surface area contributed by atoms with Gasteiger partial charge in [0.15, 0.2) is 5.82 Å². The summed E-state index contributed by atoms with van der Waals surface area (Å²) in [7, 11) is 1.71. The molecule has 5 heteroatoms. The molecule has 2 N–H and O–H groups in total. The molecule has 0 radical (unpaired) electrons. The number of hydrogen-bond acceptors (Lipinski definition) is 5. The first-order chi connectivity index (χ1) is 12.7. The highest BCUT2D eigenvalue weighted by Gasteiger charge is 2.07. The Bertz CT molecular complexity index is 819. The van der Waals surface area contributed by atoms with Crippen LogP contribution in [0.25, 0.3) is 11.4 Å². The molecule has 2 aromatic carbocycles. The minimum atomic E-state index is 0.692. The Hall–Kier alpha value is -2.92. The summed E-state index contributed by atoms with van der Waals surface area (Å²) in [5.74, 6) is 2.25. The molecule has 5 nitrogen and oxygen atoms in total. The van der Waals surface area contributed by atoms with Crippen molar-refractivity contribution in [3.05, 3.63) is 66.2 Å². The molecule has 0 saturated carbocycles. The second-order valence-corrected chi connectivity index (χ2v) is 6.09. The van der Waals surface area contributed by atoms with Crippen molar-refractivity contribution in [1.29, 1.82) is 0 Å². The highest BCUT2D eigenvalue weighted by Crippen LogP contribution is 2.23. The number of nitrogens with one attached hydrogen (secondary N) is 2. The summed E-state index contributed by atoms with van der Waals surface area (Å²) < 4.78 is 5.10. The minimum Gasteiger partial charge on any atom is -0.385 e. The highest BCUT2D eigenvalue weighted by atomic mass is 16.5. The average Bonchev–Trinajstić information content (AvgIpc) is 2.68. The van der Waals surface area contributed by atoms with Crippen LogP contribution >= 0.6 is 0 Å². The maximum atomic E-state index is 5.10. The first-order valence-corrected chi connectivity index (χ1v) is 8.75. The van der Waals surface area contributed by atoms with E-state index in [1.54, 1.807) is 7.11 Å². The molecule has 0 unspecified atom stereocenters. The Morgan fingerprint density at radius 3 is 2.38 bits per heavy atom. The van der Waals surface area contributed by atoms with Crippen LogP contribution in [0.3, 0.4) is 0 Å². The first-order valence-electron chi connectivity index (χ1n) is 8.75. The van der Waals surface area contributed by atoms with Crippen molar-refractivity contribution in [2.24, 2.45) is 0 Å². The van der Waals surface area contributed by atoms with E-state index in [2.05, 4.69) is 39.7 Å². The number of hydrogen-bond donors (Lipinski definition) is 2. The number of aryl methyl sites for hydroxylation is 1. The molecular weight excluding hydrogens is 324 g/mol. The third-order valence-electron chi connectivity index (χ3n) is 3.91. The minimum absolute atomic E-state index is 0.692. The lowest BCUT2D eigenvalue weighted by Gasteiger charge is -2.12. The van der Waals surface area contributed by atoms with Crippen LogP contribution in [0.5, 0.6) is 0 Å². The molecule has 0 aliphatic rings. The van der Waals surface area contributed by atoms with Crippen LogP contribution < -0.4 is 10.6 Å². The molecule has 0 aliphatic carbocycles. The summed E-state index contributed by atoms with van der Waals surface area (Å²) in [5.41, 5.74) is 3.21. The smallest absolute Gasteiger partial charge is 0.163 e. The summed E-state index contributed by atoms with van der Waals surface area (Å²) >= 11 is 0. The van der Waals surface area contributed by atoms with Gasteiger partial charge >= 0.3 is 0 Å². The highest BCUT2D eigenvalue weighted by molar-refractivity contribution is 5.65. The Morgan fingerprint density at radius 2 is 1.65 bits per heavy atom. The Kier molecular flexibility index (Phi) is 6.17. The molecule has 26 heavy (non-hydrogen) atoms. The Balaban J connectivity index is 1.85. The van der Waals surface area contributed by atoms with Gasteiger partial charge in [-0.05, 0) is 25.5 Å². The molecule has 0 saturated heterocycles. The van der Waals surface area contributed by atoms with Gasteiger partial charge < -0.3 is 15.4 Å². The van der Waals surface area contributed by atoms with Crippen LogP contribution in [0.4, 0.5) is 17.3 Å². The predicted molar refractivity (Wildman–Crippen MR) is 107 cm³/mol. The predicted octanol–water partition coefficient (Wildman–Crippen LogP) is 4.64. The second-order valence-electron chi connectivity index (χ2n) is 6.09. The summed E-state index contributed by atoms with van der Waals surface area (Å²) in [4.78, 5) is 9.33. The van der Waals surface area contributed by atoms with Gasteiger partial charge in [0.2, 0.25) is 0 Å². The van der Waals surface area contributed by atoms with Crippen molar-refractivity contribution in [3.63, 3.8) is 0 Å². The molecule has 3 rings (SSSR count). The van der Waals surface area contributed by atoms with E-state index in [1.165, 1.54) is 5.56 Å². The number of ether oxygens (including phenoxy) is 1. The van der Waals surface area contributed by atoms with Gasteiger partial charge in [0.1, 0.15) is 11.6 Å². The fourth-order valence-corrected chi connectivity index (χ4v) is 2.54. The quantitative estimate of drug-likeness (QED) is 0.581. The lowest BCUT2D eigenvalue weighted by molar-refractivity contribution is 0.198. The van der Waals surface area contributed by atoms with Crippen LogP contribution in [0.15, 0.2) is 60.7 Å². The fourth-order valence-electron chi connectivity index (χ4n) is 2.54. The van der Waals surface area contributed by atoms with Crippen LogP contribution in [-0.2, 0) is 4.74 Å². The van der Waals surface area contributed by atoms with E-state index in [0.29, 0.717) is 5.82 Å². The zero-order valence-corrected chi connectivity index (χ0v) is 15.2. The number of benzene rings is 2. The van der Waals surface area contributed by atoms with Crippen LogP contribution in [0.1, 0.15) is 12.0 Å². The Labute approximate surface area is 154 Å². The maximum Gasteiger partial charge on any atom is 0.163 e. The number of anilines is 3. The van der Waals surface area contributed by atoms with Gasteiger partial charge in [0.25, 0.3) is 0 Å². The standard InChI is InChI=1S/C21H24N4O/c1-16-9-11-18(12-10-16)23-20-15-19(22-13-6-14-26-2)24-21(25-20)17-7-4-3-5-8-17/h3-5,7-12,15H,6,13-14H2,1-2H3,(H2,22,23,24,25). The molecule has 1 aromatic heterocycles. The first kappa shape index (κ1) is 17.9. The van der Waals surface area contributed by atoms with E-state index in [1.807, 2.05) is 48.5 Å². The molecule has 0 atom stereocenters. The normalized spacial score (nSPS) is 10.5. The summed E-state index contributed by atoms with van der Waals surface area (Å²) in [6.45, 7) is 3.59. The number of rotatable bonds is 8. The number of methoxy groups -OCH3 is 1. The molecule has 0 bridgehead atoms. The third kappa shape index (κ3) is 5.04. The maximum absolute atomic E-state index is 5.10. The topological polar surface area (TPSA) is 59.1 Å². The van der Waals surface area contributed by atoms with Gasteiger partial charge in [0.05, 0.1) is 0 Å².